The molecule has 0 aliphatic heterocycles. The fraction of sp³-hybridized carbons (Fsp3) is 0.0476. The molecular formula is C21H16N4O3. The van der Waals surface area contributed by atoms with Crippen molar-refractivity contribution in [3.05, 3.63) is 83.7 Å². The molecule has 2 amide bonds. The average molecular weight is 372 g/mol. The molecule has 3 aromatic rings. The van der Waals surface area contributed by atoms with Gasteiger partial charge in [-0.2, -0.15) is 5.26 Å². The number of anilines is 2. The Morgan fingerprint density at radius 2 is 1.57 bits per heavy atom. The zero-order chi connectivity index (χ0) is 19.9. The number of pyridine rings is 1. The highest BCUT2D eigenvalue weighted by molar-refractivity contribution is 6.08. The fourth-order valence-corrected chi connectivity index (χ4v) is 2.44. The second-order valence-corrected chi connectivity index (χ2v) is 5.79. The van der Waals surface area contributed by atoms with Gasteiger partial charge in [0.2, 0.25) is 0 Å². The van der Waals surface area contributed by atoms with E-state index in [1.54, 1.807) is 55.6 Å². The Balaban J connectivity index is 1.72. The van der Waals surface area contributed by atoms with Gasteiger partial charge in [0.1, 0.15) is 5.75 Å². The second kappa shape index (κ2) is 8.47. The number of nitrogens with zero attached hydrogens (tertiary/aromatic N) is 2. The third kappa shape index (κ3) is 4.51. The first-order chi connectivity index (χ1) is 13.6. The second-order valence-electron chi connectivity index (χ2n) is 5.79. The van der Waals surface area contributed by atoms with E-state index in [1.807, 2.05) is 6.07 Å². The van der Waals surface area contributed by atoms with E-state index in [2.05, 4.69) is 15.6 Å². The van der Waals surface area contributed by atoms with Crippen molar-refractivity contribution in [2.75, 3.05) is 17.7 Å². The maximum Gasteiger partial charge on any atom is 0.257 e. The Morgan fingerprint density at radius 1 is 0.929 bits per heavy atom. The van der Waals surface area contributed by atoms with E-state index in [-0.39, 0.29) is 11.1 Å². The zero-order valence-corrected chi connectivity index (χ0v) is 15.0. The minimum atomic E-state index is -0.429. The van der Waals surface area contributed by atoms with Crippen molar-refractivity contribution in [1.82, 2.24) is 4.98 Å². The van der Waals surface area contributed by atoms with Gasteiger partial charge in [0, 0.05) is 23.8 Å². The molecule has 7 heteroatoms. The summed E-state index contributed by atoms with van der Waals surface area (Å²) < 4.78 is 5.08. The summed E-state index contributed by atoms with van der Waals surface area (Å²) in [6.07, 6.45) is 2.75. The maximum atomic E-state index is 12.4. The Hall–Kier alpha value is -4.18. The average Bonchev–Trinajstić information content (AvgIpc) is 2.74. The molecule has 3 rings (SSSR count). The van der Waals surface area contributed by atoms with Gasteiger partial charge in [-0.15, -0.1) is 0 Å². The predicted octanol–water partition coefficient (Wildman–Crippen LogP) is 3.47. The van der Waals surface area contributed by atoms with Gasteiger partial charge < -0.3 is 15.4 Å². The number of hydrogen-bond donors (Lipinski definition) is 2. The lowest BCUT2D eigenvalue weighted by Gasteiger charge is -2.08. The summed E-state index contributed by atoms with van der Waals surface area (Å²) in [4.78, 5) is 28.8. The summed E-state index contributed by atoms with van der Waals surface area (Å²) in [5.74, 6) is -0.140. The van der Waals surface area contributed by atoms with Gasteiger partial charge in [-0.1, -0.05) is 6.07 Å². The molecule has 0 bridgehead atoms. The lowest BCUT2D eigenvalue weighted by molar-refractivity contribution is 0.102. The molecule has 0 unspecified atom stereocenters. The Labute approximate surface area is 161 Å². The van der Waals surface area contributed by atoms with Crippen molar-refractivity contribution in [3.63, 3.8) is 0 Å². The van der Waals surface area contributed by atoms with Gasteiger partial charge in [-0.3, -0.25) is 14.6 Å². The monoisotopic (exact) mass is 372 g/mol. The van der Waals surface area contributed by atoms with Crippen molar-refractivity contribution < 1.29 is 14.3 Å². The quantitative estimate of drug-likeness (QED) is 0.714. The number of nitriles is 1. The SMILES string of the molecule is COc1ccc(NC(=O)c2cncc(C(=O)Nc3cccc(C#N)c3)c2)cc1. The molecule has 0 saturated heterocycles. The first kappa shape index (κ1) is 18.6. The topological polar surface area (TPSA) is 104 Å². The molecule has 0 radical (unpaired) electrons. The van der Waals surface area contributed by atoms with E-state index in [4.69, 9.17) is 10.00 Å². The first-order valence-corrected chi connectivity index (χ1v) is 8.31. The fourth-order valence-electron chi connectivity index (χ4n) is 2.44. The summed E-state index contributed by atoms with van der Waals surface area (Å²) in [7, 11) is 1.56. The van der Waals surface area contributed by atoms with Gasteiger partial charge in [0.05, 0.1) is 29.9 Å². The van der Waals surface area contributed by atoms with Crippen LogP contribution in [0.4, 0.5) is 11.4 Å². The normalized spacial score (nSPS) is 9.86. The molecule has 0 atom stereocenters. The Morgan fingerprint density at radius 3 is 2.18 bits per heavy atom. The lowest BCUT2D eigenvalue weighted by Crippen LogP contribution is -2.16. The molecule has 138 valence electrons. The number of ether oxygens (including phenoxy) is 1. The number of amides is 2. The van der Waals surface area contributed by atoms with Crippen molar-refractivity contribution in [3.8, 4) is 11.8 Å². The highest BCUT2D eigenvalue weighted by Crippen LogP contribution is 2.16. The number of carbonyl (C=O) groups excluding carboxylic acids is 2. The van der Waals surface area contributed by atoms with Crippen molar-refractivity contribution >= 4 is 23.2 Å². The van der Waals surface area contributed by atoms with Gasteiger partial charge in [0.25, 0.3) is 11.8 Å². The van der Waals surface area contributed by atoms with E-state index in [0.717, 1.165) is 0 Å². The maximum absolute atomic E-state index is 12.4. The lowest BCUT2D eigenvalue weighted by atomic mass is 10.1. The van der Waals surface area contributed by atoms with E-state index >= 15 is 0 Å². The van der Waals surface area contributed by atoms with E-state index < -0.39 is 11.8 Å². The highest BCUT2D eigenvalue weighted by atomic mass is 16.5. The van der Waals surface area contributed by atoms with E-state index in [9.17, 15) is 9.59 Å². The molecule has 7 nitrogen and oxygen atoms in total. The molecule has 2 N–H and O–H groups in total. The molecule has 0 aliphatic rings. The van der Waals surface area contributed by atoms with Crippen LogP contribution in [0.2, 0.25) is 0 Å². The number of aromatic nitrogens is 1. The van der Waals surface area contributed by atoms with Crippen LogP contribution in [0.5, 0.6) is 5.75 Å². The Bertz CT molecular complexity index is 1060. The molecule has 28 heavy (non-hydrogen) atoms. The molecule has 0 spiro atoms. The predicted molar refractivity (Wildman–Crippen MR) is 104 cm³/mol. The number of carbonyl (C=O) groups is 2. The van der Waals surface area contributed by atoms with Crippen LogP contribution in [0.15, 0.2) is 67.0 Å². The smallest absolute Gasteiger partial charge is 0.257 e. The van der Waals surface area contributed by atoms with Crippen LogP contribution < -0.4 is 15.4 Å². The van der Waals surface area contributed by atoms with Crippen LogP contribution in [-0.4, -0.2) is 23.9 Å². The van der Waals surface area contributed by atoms with E-state index in [1.165, 1.54) is 18.5 Å². The van der Waals surface area contributed by atoms with Crippen LogP contribution in [0.1, 0.15) is 26.3 Å². The first-order valence-electron chi connectivity index (χ1n) is 8.31. The van der Waals surface area contributed by atoms with Crippen LogP contribution in [0.25, 0.3) is 0 Å². The van der Waals surface area contributed by atoms with Gasteiger partial charge in [0.15, 0.2) is 0 Å². The van der Waals surface area contributed by atoms with Gasteiger partial charge in [-0.25, -0.2) is 0 Å². The molecular weight excluding hydrogens is 356 g/mol. The van der Waals surface area contributed by atoms with Crippen LogP contribution in [-0.2, 0) is 0 Å². The van der Waals surface area contributed by atoms with Crippen LogP contribution >= 0.6 is 0 Å². The zero-order valence-electron chi connectivity index (χ0n) is 15.0. The standard InChI is InChI=1S/C21H16N4O3/c1-28-19-7-5-17(6-8-19)24-20(26)15-10-16(13-23-12-15)21(27)25-18-4-2-3-14(9-18)11-22/h2-10,12-13H,1H3,(H,24,26)(H,25,27). The van der Waals surface area contributed by atoms with Gasteiger partial charge in [-0.05, 0) is 48.5 Å². The summed E-state index contributed by atoms with van der Waals surface area (Å²) in [6.45, 7) is 0. The number of benzene rings is 2. The number of hydrogen-bond acceptors (Lipinski definition) is 5. The molecule has 1 heterocycles. The minimum Gasteiger partial charge on any atom is -0.497 e. The summed E-state index contributed by atoms with van der Waals surface area (Å²) in [5, 5.41) is 14.4. The molecule has 0 fully saturated rings. The number of rotatable bonds is 5. The summed E-state index contributed by atoms with van der Waals surface area (Å²) >= 11 is 0. The largest absolute Gasteiger partial charge is 0.497 e. The highest BCUT2D eigenvalue weighted by Gasteiger charge is 2.12. The molecule has 1 aromatic heterocycles. The van der Waals surface area contributed by atoms with Crippen molar-refractivity contribution in [2.45, 2.75) is 0 Å². The van der Waals surface area contributed by atoms with Crippen LogP contribution in [0.3, 0.4) is 0 Å². The van der Waals surface area contributed by atoms with Crippen LogP contribution in [0, 0.1) is 11.3 Å². The summed E-state index contributed by atoms with van der Waals surface area (Å²) in [5.41, 5.74) is 1.98. The minimum absolute atomic E-state index is 0.227. The molecule has 0 saturated carbocycles. The van der Waals surface area contributed by atoms with Crippen molar-refractivity contribution in [2.24, 2.45) is 0 Å². The number of methoxy groups -OCH3 is 1. The third-order valence-electron chi connectivity index (χ3n) is 3.86. The third-order valence-corrected chi connectivity index (χ3v) is 3.86. The number of nitrogens with one attached hydrogen (secondary N) is 2. The van der Waals surface area contributed by atoms with Crippen molar-refractivity contribution in [1.29, 1.82) is 5.26 Å². The van der Waals surface area contributed by atoms with E-state index in [0.29, 0.717) is 22.7 Å². The van der Waals surface area contributed by atoms with Gasteiger partial charge >= 0.3 is 0 Å². The molecule has 2 aromatic carbocycles. The molecule has 0 aliphatic carbocycles. The Kier molecular flexibility index (Phi) is 5.63. The summed E-state index contributed by atoms with van der Waals surface area (Å²) in [6, 6.07) is 16.9.